The predicted octanol–water partition coefficient (Wildman–Crippen LogP) is 4.71. The normalized spacial score (nSPS) is 18.4. The monoisotopic (exact) mass is 264 g/mol. The second-order valence-corrected chi connectivity index (χ2v) is 6.13. The number of para-hydroxylation sites is 1. The summed E-state index contributed by atoms with van der Waals surface area (Å²) >= 11 is 0. The molecule has 0 atom stereocenters. The quantitative estimate of drug-likeness (QED) is 0.792. The Hall–Kier alpha value is -2.09. The minimum atomic E-state index is 0.0387. The summed E-state index contributed by atoms with van der Waals surface area (Å²) in [6, 6.07) is 16.8. The van der Waals surface area contributed by atoms with Crippen LogP contribution in [0.4, 0.5) is 11.4 Å². The van der Waals surface area contributed by atoms with Gasteiger partial charge in [-0.05, 0) is 44.5 Å². The Labute approximate surface area is 120 Å². The van der Waals surface area contributed by atoms with E-state index in [1.54, 1.807) is 0 Å². The van der Waals surface area contributed by atoms with E-state index in [1.807, 2.05) is 0 Å². The summed E-state index contributed by atoms with van der Waals surface area (Å²) < 4.78 is 0. The van der Waals surface area contributed by atoms with Gasteiger partial charge in [0.1, 0.15) is 0 Å². The Kier molecular flexibility index (Phi) is 3.09. The Bertz CT molecular complexity index is 669. The van der Waals surface area contributed by atoms with Crippen molar-refractivity contribution in [3.05, 3.63) is 59.7 Å². The molecule has 3 rings (SSSR count). The molecule has 20 heavy (non-hydrogen) atoms. The SMILES string of the molecule is Cc1cccc(N=C2CC(C)(C)Nc3ccccc32)c1. The Morgan fingerprint density at radius 1 is 1.05 bits per heavy atom. The number of nitrogens with one attached hydrogen (secondary N) is 1. The summed E-state index contributed by atoms with van der Waals surface area (Å²) in [5, 5.41) is 3.58. The highest BCUT2D eigenvalue weighted by Crippen LogP contribution is 2.32. The van der Waals surface area contributed by atoms with Gasteiger partial charge in [0.15, 0.2) is 0 Å². The van der Waals surface area contributed by atoms with Crippen molar-refractivity contribution in [2.45, 2.75) is 32.7 Å². The molecule has 0 fully saturated rings. The molecule has 0 spiro atoms. The van der Waals surface area contributed by atoms with Crippen LogP contribution in [0, 0.1) is 6.92 Å². The number of anilines is 1. The smallest absolute Gasteiger partial charge is 0.0635 e. The molecule has 102 valence electrons. The van der Waals surface area contributed by atoms with Crippen LogP contribution in [0.15, 0.2) is 53.5 Å². The average molecular weight is 264 g/mol. The minimum absolute atomic E-state index is 0.0387. The fraction of sp³-hybridized carbons (Fsp3) is 0.278. The van der Waals surface area contributed by atoms with Crippen LogP contribution in [-0.2, 0) is 0 Å². The number of hydrogen-bond acceptors (Lipinski definition) is 2. The molecule has 0 aliphatic carbocycles. The van der Waals surface area contributed by atoms with Crippen LogP contribution in [0.3, 0.4) is 0 Å². The van der Waals surface area contributed by atoms with E-state index in [4.69, 9.17) is 4.99 Å². The maximum atomic E-state index is 4.89. The number of fused-ring (bicyclic) bond motifs is 1. The van der Waals surface area contributed by atoms with Crippen LogP contribution in [0.1, 0.15) is 31.4 Å². The first-order valence-corrected chi connectivity index (χ1v) is 7.05. The first-order valence-electron chi connectivity index (χ1n) is 7.05. The molecule has 2 heteroatoms. The lowest BCUT2D eigenvalue weighted by Gasteiger charge is -2.34. The van der Waals surface area contributed by atoms with E-state index < -0.39 is 0 Å². The molecule has 0 radical (unpaired) electrons. The van der Waals surface area contributed by atoms with Gasteiger partial charge in [0.25, 0.3) is 0 Å². The second-order valence-electron chi connectivity index (χ2n) is 6.13. The van der Waals surface area contributed by atoms with E-state index in [1.165, 1.54) is 16.8 Å². The van der Waals surface area contributed by atoms with E-state index in [2.05, 4.69) is 74.6 Å². The zero-order chi connectivity index (χ0) is 14.2. The minimum Gasteiger partial charge on any atom is -0.379 e. The fourth-order valence-corrected chi connectivity index (χ4v) is 2.72. The Morgan fingerprint density at radius 2 is 1.85 bits per heavy atom. The summed E-state index contributed by atoms with van der Waals surface area (Å²) in [4.78, 5) is 4.89. The molecule has 1 N–H and O–H groups in total. The second kappa shape index (κ2) is 4.78. The molecule has 2 nitrogen and oxygen atoms in total. The van der Waals surface area contributed by atoms with Gasteiger partial charge >= 0.3 is 0 Å². The highest BCUT2D eigenvalue weighted by Gasteiger charge is 2.28. The van der Waals surface area contributed by atoms with Gasteiger partial charge in [-0.25, -0.2) is 0 Å². The van der Waals surface area contributed by atoms with Crippen LogP contribution in [-0.4, -0.2) is 11.3 Å². The topological polar surface area (TPSA) is 24.4 Å². The highest BCUT2D eigenvalue weighted by molar-refractivity contribution is 6.08. The van der Waals surface area contributed by atoms with Gasteiger partial charge in [-0.3, -0.25) is 4.99 Å². The molecule has 2 aromatic rings. The summed E-state index contributed by atoms with van der Waals surface area (Å²) in [7, 11) is 0. The van der Waals surface area contributed by atoms with Crippen LogP contribution in [0.25, 0.3) is 0 Å². The molecule has 0 saturated heterocycles. The van der Waals surface area contributed by atoms with Crippen molar-refractivity contribution in [2.24, 2.45) is 4.99 Å². The van der Waals surface area contributed by atoms with Gasteiger partial charge in [0.2, 0.25) is 0 Å². The third-order valence-corrected chi connectivity index (χ3v) is 3.59. The molecule has 2 aromatic carbocycles. The number of nitrogens with zero attached hydrogens (tertiary/aromatic N) is 1. The maximum Gasteiger partial charge on any atom is 0.0635 e. The lowest BCUT2D eigenvalue weighted by molar-refractivity contribution is 0.585. The average Bonchev–Trinajstić information content (AvgIpc) is 2.37. The summed E-state index contributed by atoms with van der Waals surface area (Å²) in [5.41, 5.74) is 5.87. The molecule has 1 aliphatic rings. The zero-order valence-electron chi connectivity index (χ0n) is 12.3. The first kappa shape index (κ1) is 12.9. The molecular weight excluding hydrogens is 244 g/mol. The van der Waals surface area contributed by atoms with Gasteiger partial charge in [0.05, 0.1) is 11.4 Å². The van der Waals surface area contributed by atoms with E-state index in [9.17, 15) is 0 Å². The number of aliphatic imine (C=N–C) groups is 1. The van der Waals surface area contributed by atoms with Crippen molar-refractivity contribution in [2.75, 3.05) is 5.32 Å². The number of hydrogen-bond donors (Lipinski definition) is 1. The van der Waals surface area contributed by atoms with Crippen molar-refractivity contribution in [1.82, 2.24) is 0 Å². The van der Waals surface area contributed by atoms with Crippen LogP contribution in [0.5, 0.6) is 0 Å². The zero-order valence-corrected chi connectivity index (χ0v) is 12.3. The van der Waals surface area contributed by atoms with Gasteiger partial charge in [-0.2, -0.15) is 0 Å². The number of aryl methyl sites for hydroxylation is 1. The van der Waals surface area contributed by atoms with Crippen LogP contribution < -0.4 is 5.32 Å². The highest BCUT2D eigenvalue weighted by atomic mass is 15.0. The number of benzene rings is 2. The number of rotatable bonds is 1. The van der Waals surface area contributed by atoms with Gasteiger partial charge in [-0.15, -0.1) is 0 Å². The summed E-state index contributed by atoms with van der Waals surface area (Å²) in [5.74, 6) is 0. The van der Waals surface area contributed by atoms with Crippen molar-refractivity contribution in [1.29, 1.82) is 0 Å². The third kappa shape index (κ3) is 2.60. The Morgan fingerprint density at radius 3 is 2.65 bits per heavy atom. The predicted molar refractivity (Wildman–Crippen MR) is 86.1 cm³/mol. The molecule has 1 aliphatic heterocycles. The van der Waals surface area contributed by atoms with E-state index in [-0.39, 0.29) is 5.54 Å². The standard InChI is InChI=1S/C18H20N2/c1-13-7-6-8-14(11-13)19-17-12-18(2,3)20-16-10-5-4-9-15(16)17/h4-11,20H,12H2,1-3H3. The van der Waals surface area contributed by atoms with Crippen molar-refractivity contribution >= 4 is 17.1 Å². The molecular formula is C18H20N2. The van der Waals surface area contributed by atoms with Crippen LogP contribution in [0.2, 0.25) is 0 Å². The molecule has 1 heterocycles. The van der Waals surface area contributed by atoms with E-state index in [0.29, 0.717) is 0 Å². The largest absolute Gasteiger partial charge is 0.379 e. The lowest BCUT2D eigenvalue weighted by Crippen LogP contribution is -2.38. The maximum absolute atomic E-state index is 4.89. The molecule has 0 aromatic heterocycles. The van der Waals surface area contributed by atoms with E-state index >= 15 is 0 Å². The van der Waals surface area contributed by atoms with Gasteiger partial charge in [-0.1, -0.05) is 30.3 Å². The molecule has 0 saturated carbocycles. The molecule has 0 unspecified atom stereocenters. The molecule has 0 amide bonds. The van der Waals surface area contributed by atoms with Crippen molar-refractivity contribution in [3.8, 4) is 0 Å². The summed E-state index contributed by atoms with van der Waals surface area (Å²) in [6.45, 7) is 6.54. The third-order valence-electron chi connectivity index (χ3n) is 3.59. The first-order chi connectivity index (χ1) is 9.53. The summed E-state index contributed by atoms with van der Waals surface area (Å²) in [6.07, 6.45) is 0.929. The van der Waals surface area contributed by atoms with Crippen LogP contribution >= 0.6 is 0 Å². The van der Waals surface area contributed by atoms with Crippen molar-refractivity contribution < 1.29 is 0 Å². The molecule has 0 bridgehead atoms. The van der Waals surface area contributed by atoms with E-state index in [0.717, 1.165) is 17.8 Å². The lowest BCUT2D eigenvalue weighted by atomic mass is 9.87. The van der Waals surface area contributed by atoms with Crippen molar-refractivity contribution in [3.63, 3.8) is 0 Å². The Balaban J connectivity index is 2.09. The van der Waals surface area contributed by atoms with Gasteiger partial charge in [0, 0.05) is 23.2 Å². The fourth-order valence-electron chi connectivity index (χ4n) is 2.72. The van der Waals surface area contributed by atoms with Gasteiger partial charge < -0.3 is 5.32 Å².